The van der Waals surface area contributed by atoms with Gasteiger partial charge >= 0.3 is 0 Å². The van der Waals surface area contributed by atoms with Gasteiger partial charge in [0.1, 0.15) is 5.82 Å². The zero-order valence-electron chi connectivity index (χ0n) is 14.3. The highest BCUT2D eigenvalue weighted by Gasteiger charge is 2.18. The van der Waals surface area contributed by atoms with Crippen LogP contribution >= 0.6 is 23.9 Å². The van der Waals surface area contributed by atoms with Crippen molar-refractivity contribution in [1.82, 2.24) is 14.3 Å². The average molecular weight is 405 g/mol. The minimum atomic E-state index is -0.621. The number of fused-ring (bicyclic) bond motifs is 1. The van der Waals surface area contributed by atoms with Gasteiger partial charge in [-0.05, 0) is 29.8 Å². The van der Waals surface area contributed by atoms with Gasteiger partial charge in [-0.15, -0.1) is 0 Å². The molecule has 0 aliphatic carbocycles. The number of hydrogen-bond donors (Lipinski definition) is 2. The maximum atomic E-state index is 15.0. The van der Waals surface area contributed by atoms with E-state index in [-0.39, 0.29) is 17.2 Å². The highest BCUT2D eigenvalue weighted by molar-refractivity contribution is 8.00. The SMILES string of the molecule is Nc1ncc2cc(-c3c(F)ccc(NSN4CCSCC4)c3F)ccc2n1. The number of benzene rings is 2. The highest BCUT2D eigenvalue weighted by atomic mass is 32.2. The van der Waals surface area contributed by atoms with Gasteiger partial charge in [-0.3, -0.25) is 0 Å². The molecular formula is C18H17F2N5S2. The average Bonchev–Trinajstić information content (AvgIpc) is 2.68. The number of nitrogens with two attached hydrogens (primary N) is 1. The second-order valence-electron chi connectivity index (χ2n) is 6.02. The molecule has 1 aliphatic heterocycles. The first-order valence-corrected chi connectivity index (χ1v) is 10.3. The predicted octanol–water partition coefficient (Wildman–Crippen LogP) is 4.18. The standard InChI is InChI=1S/C18H17F2N5S2/c19-13-2-4-15(24-27-25-5-7-26-8-6-25)17(20)16(13)11-1-3-14-12(9-11)10-22-18(21)23-14/h1-4,9-10,24H,5-8H2,(H2,21,22,23). The summed E-state index contributed by atoms with van der Waals surface area (Å²) in [5, 5.41) is 0.666. The van der Waals surface area contributed by atoms with E-state index < -0.39 is 11.6 Å². The van der Waals surface area contributed by atoms with Crippen molar-refractivity contribution in [3.63, 3.8) is 0 Å². The monoisotopic (exact) mass is 405 g/mol. The molecule has 0 radical (unpaired) electrons. The molecule has 1 aromatic heterocycles. The molecule has 1 saturated heterocycles. The van der Waals surface area contributed by atoms with Gasteiger partial charge in [0.25, 0.3) is 0 Å². The third-order valence-electron chi connectivity index (χ3n) is 4.23. The number of halogens is 2. The maximum Gasteiger partial charge on any atom is 0.220 e. The number of hydrogen-bond acceptors (Lipinski definition) is 7. The number of rotatable bonds is 4. The normalized spacial score (nSPS) is 15.2. The van der Waals surface area contributed by atoms with E-state index in [9.17, 15) is 4.39 Å². The number of nitrogen functional groups attached to an aromatic ring is 1. The lowest BCUT2D eigenvalue weighted by atomic mass is 10.0. The third kappa shape index (κ3) is 3.95. The van der Waals surface area contributed by atoms with Crippen molar-refractivity contribution in [2.75, 3.05) is 35.1 Å². The van der Waals surface area contributed by atoms with Crippen molar-refractivity contribution in [1.29, 1.82) is 0 Å². The fourth-order valence-corrected chi connectivity index (χ4v) is 4.74. The van der Waals surface area contributed by atoms with Gasteiger partial charge in [-0.1, -0.05) is 6.07 Å². The lowest BCUT2D eigenvalue weighted by Crippen LogP contribution is -2.27. The van der Waals surface area contributed by atoms with Crippen LogP contribution in [0.1, 0.15) is 0 Å². The van der Waals surface area contributed by atoms with Crippen LogP contribution in [-0.2, 0) is 0 Å². The van der Waals surface area contributed by atoms with E-state index >= 15 is 4.39 Å². The molecule has 1 aliphatic rings. The zero-order valence-corrected chi connectivity index (χ0v) is 15.9. The molecule has 2 aromatic carbocycles. The Balaban J connectivity index is 1.64. The van der Waals surface area contributed by atoms with Gasteiger partial charge < -0.3 is 10.5 Å². The molecule has 4 rings (SSSR count). The van der Waals surface area contributed by atoms with E-state index in [0.29, 0.717) is 16.5 Å². The minimum Gasteiger partial charge on any atom is -0.368 e. The van der Waals surface area contributed by atoms with Crippen LogP contribution in [0.3, 0.4) is 0 Å². The van der Waals surface area contributed by atoms with Crippen molar-refractivity contribution in [2.45, 2.75) is 0 Å². The molecule has 3 N–H and O–H groups in total. The van der Waals surface area contributed by atoms with Crippen molar-refractivity contribution in [2.24, 2.45) is 0 Å². The molecule has 1 fully saturated rings. The van der Waals surface area contributed by atoms with E-state index in [0.717, 1.165) is 24.6 Å². The van der Waals surface area contributed by atoms with Gasteiger partial charge in [0.15, 0.2) is 5.82 Å². The molecule has 3 aromatic rings. The highest BCUT2D eigenvalue weighted by Crippen LogP contribution is 2.33. The van der Waals surface area contributed by atoms with Crippen LogP contribution in [-0.4, -0.2) is 38.9 Å². The van der Waals surface area contributed by atoms with Crippen LogP contribution in [0.2, 0.25) is 0 Å². The number of nitrogens with one attached hydrogen (secondary N) is 1. The van der Waals surface area contributed by atoms with Crippen LogP contribution < -0.4 is 10.5 Å². The Kier molecular flexibility index (Phi) is 5.33. The number of anilines is 2. The first-order valence-electron chi connectivity index (χ1n) is 8.38. The molecule has 140 valence electrons. The number of thioether (sulfide) groups is 1. The Morgan fingerprint density at radius 2 is 1.96 bits per heavy atom. The van der Waals surface area contributed by atoms with Gasteiger partial charge in [-0.2, -0.15) is 11.8 Å². The molecule has 0 spiro atoms. The fraction of sp³-hybridized carbons (Fsp3) is 0.222. The minimum absolute atomic E-state index is 0.0754. The third-order valence-corrected chi connectivity index (χ3v) is 6.11. The summed E-state index contributed by atoms with van der Waals surface area (Å²) in [6.07, 6.45) is 1.54. The van der Waals surface area contributed by atoms with Crippen LogP contribution in [0.4, 0.5) is 20.4 Å². The van der Waals surface area contributed by atoms with Crippen LogP contribution in [0, 0.1) is 11.6 Å². The first kappa shape index (κ1) is 18.3. The molecule has 0 saturated carbocycles. The van der Waals surface area contributed by atoms with Gasteiger partial charge in [0.05, 0.1) is 16.8 Å². The van der Waals surface area contributed by atoms with E-state index in [2.05, 4.69) is 19.0 Å². The molecule has 0 unspecified atom stereocenters. The largest absolute Gasteiger partial charge is 0.368 e. The Bertz CT molecular complexity index is 979. The lowest BCUT2D eigenvalue weighted by Gasteiger charge is -2.25. The smallest absolute Gasteiger partial charge is 0.220 e. The molecule has 0 atom stereocenters. The Labute approximate surface area is 164 Å². The van der Waals surface area contributed by atoms with Crippen LogP contribution in [0.25, 0.3) is 22.0 Å². The van der Waals surface area contributed by atoms with Crippen molar-refractivity contribution in [3.8, 4) is 11.1 Å². The van der Waals surface area contributed by atoms with Crippen molar-refractivity contribution in [3.05, 3.63) is 48.2 Å². The molecule has 5 nitrogen and oxygen atoms in total. The number of nitrogens with zero attached hydrogens (tertiary/aromatic N) is 3. The zero-order chi connectivity index (χ0) is 18.8. The molecule has 0 amide bonds. The fourth-order valence-electron chi connectivity index (χ4n) is 2.85. The molecule has 9 heteroatoms. The predicted molar refractivity (Wildman–Crippen MR) is 109 cm³/mol. The summed E-state index contributed by atoms with van der Waals surface area (Å²) < 4.78 is 34.6. The van der Waals surface area contributed by atoms with Crippen LogP contribution in [0.5, 0.6) is 0 Å². The summed E-state index contributed by atoms with van der Waals surface area (Å²) in [6, 6.07) is 7.67. The second-order valence-corrected chi connectivity index (χ2v) is 8.15. The topological polar surface area (TPSA) is 67.1 Å². The van der Waals surface area contributed by atoms with E-state index in [1.54, 1.807) is 24.4 Å². The van der Waals surface area contributed by atoms with Gasteiger partial charge in [0.2, 0.25) is 5.95 Å². The lowest BCUT2D eigenvalue weighted by molar-refractivity contribution is 0.523. The summed E-state index contributed by atoms with van der Waals surface area (Å²) in [5.74, 6) is 1.02. The second kappa shape index (κ2) is 7.87. The van der Waals surface area contributed by atoms with Gasteiger partial charge in [-0.25, -0.2) is 23.1 Å². The van der Waals surface area contributed by atoms with Gasteiger partial charge in [0, 0.05) is 48.3 Å². The Morgan fingerprint density at radius 3 is 2.78 bits per heavy atom. The molecule has 0 bridgehead atoms. The Hall–Kier alpha value is -2.10. The van der Waals surface area contributed by atoms with Crippen molar-refractivity contribution < 1.29 is 8.78 Å². The van der Waals surface area contributed by atoms with E-state index in [1.165, 1.54) is 24.3 Å². The molecular weight excluding hydrogens is 388 g/mol. The summed E-state index contributed by atoms with van der Waals surface area (Å²) >= 11 is 3.25. The van der Waals surface area contributed by atoms with Crippen molar-refractivity contribution >= 4 is 46.4 Å². The molecule has 2 heterocycles. The maximum absolute atomic E-state index is 15.0. The summed E-state index contributed by atoms with van der Waals surface area (Å²) in [7, 11) is 0. The first-order chi connectivity index (χ1) is 13.1. The number of aromatic nitrogens is 2. The van der Waals surface area contributed by atoms with E-state index in [1.807, 2.05) is 11.8 Å². The van der Waals surface area contributed by atoms with Crippen LogP contribution in [0.15, 0.2) is 36.5 Å². The quantitative estimate of drug-likeness (QED) is 0.631. The summed E-state index contributed by atoms with van der Waals surface area (Å²) in [5.41, 5.74) is 6.81. The Morgan fingerprint density at radius 1 is 1.15 bits per heavy atom. The summed E-state index contributed by atoms with van der Waals surface area (Å²) in [6.45, 7) is 1.84. The van der Waals surface area contributed by atoms with E-state index in [4.69, 9.17) is 5.73 Å². The summed E-state index contributed by atoms with van der Waals surface area (Å²) in [4.78, 5) is 8.05. The molecule has 27 heavy (non-hydrogen) atoms.